The van der Waals surface area contributed by atoms with E-state index in [-0.39, 0.29) is 12.5 Å². The first-order valence-corrected chi connectivity index (χ1v) is 7.61. The molecule has 0 spiro atoms. The molecule has 0 aliphatic rings. The summed E-state index contributed by atoms with van der Waals surface area (Å²) >= 11 is 0. The van der Waals surface area contributed by atoms with Crippen LogP contribution >= 0.6 is 0 Å². The molecule has 3 rings (SSSR count). The van der Waals surface area contributed by atoms with Crippen molar-refractivity contribution >= 4 is 12.0 Å². The van der Waals surface area contributed by atoms with Crippen LogP contribution < -0.4 is 4.74 Å². The molecule has 25 heavy (non-hydrogen) atoms. The predicted molar refractivity (Wildman–Crippen MR) is 91.6 cm³/mol. The first kappa shape index (κ1) is 16.4. The molecule has 0 fully saturated rings. The van der Waals surface area contributed by atoms with E-state index in [1.165, 1.54) is 6.08 Å². The van der Waals surface area contributed by atoms with E-state index in [0.29, 0.717) is 5.89 Å². The summed E-state index contributed by atoms with van der Waals surface area (Å²) in [6, 6.07) is 16.7. The molecular weight excluding hydrogens is 320 g/mol. The summed E-state index contributed by atoms with van der Waals surface area (Å²) in [5, 5.41) is 7.81. The van der Waals surface area contributed by atoms with Crippen LogP contribution in [0.5, 0.6) is 5.75 Å². The number of aromatic nitrogens is 2. The molecule has 0 N–H and O–H groups in total. The third kappa shape index (κ3) is 4.54. The molecule has 126 valence electrons. The summed E-state index contributed by atoms with van der Waals surface area (Å²) in [5.41, 5.74) is 1.64. The summed E-state index contributed by atoms with van der Waals surface area (Å²) in [4.78, 5) is 11.8. The van der Waals surface area contributed by atoms with Gasteiger partial charge in [-0.3, -0.25) is 0 Å². The van der Waals surface area contributed by atoms with Gasteiger partial charge in [0.15, 0.2) is 6.61 Å². The van der Waals surface area contributed by atoms with Crippen LogP contribution in [0.2, 0.25) is 0 Å². The van der Waals surface area contributed by atoms with E-state index in [4.69, 9.17) is 13.9 Å². The van der Waals surface area contributed by atoms with Gasteiger partial charge in [0.2, 0.25) is 5.89 Å². The van der Waals surface area contributed by atoms with Gasteiger partial charge in [-0.05, 0) is 35.9 Å². The number of hydrogen-bond acceptors (Lipinski definition) is 6. The van der Waals surface area contributed by atoms with Gasteiger partial charge < -0.3 is 13.9 Å². The van der Waals surface area contributed by atoms with Gasteiger partial charge in [-0.15, -0.1) is 10.2 Å². The third-order valence-electron chi connectivity index (χ3n) is 3.33. The van der Waals surface area contributed by atoms with Crippen LogP contribution in [0.25, 0.3) is 17.5 Å². The lowest BCUT2D eigenvalue weighted by Crippen LogP contribution is -2.00. The zero-order chi connectivity index (χ0) is 17.5. The normalized spacial score (nSPS) is 10.8. The topological polar surface area (TPSA) is 74.5 Å². The van der Waals surface area contributed by atoms with E-state index in [9.17, 15) is 4.79 Å². The van der Waals surface area contributed by atoms with Gasteiger partial charge >= 0.3 is 5.97 Å². The van der Waals surface area contributed by atoms with E-state index >= 15 is 0 Å². The van der Waals surface area contributed by atoms with Gasteiger partial charge in [0.25, 0.3) is 5.89 Å². The maximum Gasteiger partial charge on any atom is 0.331 e. The summed E-state index contributed by atoms with van der Waals surface area (Å²) < 4.78 is 15.7. The molecule has 6 nitrogen and oxygen atoms in total. The second-order valence-electron chi connectivity index (χ2n) is 5.08. The number of benzene rings is 2. The van der Waals surface area contributed by atoms with Crippen molar-refractivity contribution in [3.05, 3.63) is 72.1 Å². The Hall–Kier alpha value is -3.41. The molecule has 0 aliphatic carbocycles. The van der Waals surface area contributed by atoms with Gasteiger partial charge in [0.1, 0.15) is 5.75 Å². The fourth-order valence-electron chi connectivity index (χ4n) is 2.10. The van der Waals surface area contributed by atoms with E-state index in [1.54, 1.807) is 13.2 Å². The quantitative estimate of drug-likeness (QED) is 0.506. The van der Waals surface area contributed by atoms with Gasteiger partial charge in [-0.25, -0.2) is 4.79 Å². The van der Waals surface area contributed by atoms with Gasteiger partial charge in [0, 0.05) is 11.6 Å². The largest absolute Gasteiger partial charge is 0.497 e. The molecule has 0 unspecified atom stereocenters. The van der Waals surface area contributed by atoms with Crippen LogP contribution in [0.15, 0.2) is 65.1 Å². The first-order valence-electron chi connectivity index (χ1n) is 7.61. The Bertz CT molecular complexity index is 872. The number of hydrogen-bond donors (Lipinski definition) is 0. The molecule has 0 bridgehead atoms. The van der Waals surface area contributed by atoms with Crippen LogP contribution in [0.3, 0.4) is 0 Å². The molecule has 2 aromatic carbocycles. The Kier molecular flexibility index (Phi) is 5.21. The maximum atomic E-state index is 11.8. The lowest BCUT2D eigenvalue weighted by molar-refractivity contribution is -0.139. The van der Waals surface area contributed by atoms with Crippen molar-refractivity contribution in [3.63, 3.8) is 0 Å². The Morgan fingerprint density at radius 3 is 2.76 bits per heavy atom. The Morgan fingerprint density at radius 2 is 1.96 bits per heavy atom. The molecular formula is C19H16N2O4. The summed E-state index contributed by atoms with van der Waals surface area (Å²) in [6.45, 7) is -0.0822. The first-order chi connectivity index (χ1) is 12.2. The molecule has 0 saturated carbocycles. The van der Waals surface area contributed by atoms with Crippen molar-refractivity contribution in [2.24, 2.45) is 0 Å². The Morgan fingerprint density at radius 1 is 1.12 bits per heavy atom. The van der Waals surface area contributed by atoms with E-state index < -0.39 is 5.97 Å². The molecule has 0 atom stereocenters. The zero-order valence-electron chi connectivity index (χ0n) is 13.6. The monoisotopic (exact) mass is 336 g/mol. The van der Waals surface area contributed by atoms with Crippen LogP contribution in [0.4, 0.5) is 0 Å². The fourth-order valence-corrected chi connectivity index (χ4v) is 2.10. The lowest BCUT2D eigenvalue weighted by atomic mass is 10.2. The minimum atomic E-state index is -0.498. The number of ether oxygens (including phenoxy) is 2. The van der Waals surface area contributed by atoms with E-state index in [0.717, 1.165) is 16.9 Å². The van der Waals surface area contributed by atoms with Crippen molar-refractivity contribution in [1.29, 1.82) is 0 Å². The smallest absolute Gasteiger partial charge is 0.331 e. The van der Waals surface area contributed by atoms with E-state index in [2.05, 4.69) is 10.2 Å². The Labute approximate surface area is 144 Å². The molecule has 1 heterocycles. The highest BCUT2D eigenvalue weighted by atomic mass is 16.5. The molecule has 0 radical (unpaired) electrons. The molecule has 6 heteroatoms. The van der Waals surface area contributed by atoms with Crippen molar-refractivity contribution in [3.8, 4) is 17.2 Å². The number of esters is 1. The zero-order valence-corrected chi connectivity index (χ0v) is 13.6. The summed E-state index contributed by atoms with van der Waals surface area (Å²) in [7, 11) is 1.59. The van der Waals surface area contributed by atoms with Crippen molar-refractivity contribution in [1.82, 2.24) is 10.2 Å². The molecule has 3 aromatic rings. The third-order valence-corrected chi connectivity index (χ3v) is 3.33. The molecule has 1 aromatic heterocycles. The second-order valence-corrected chi connectivity index (χ2v) is 5.08. The van der Waals surface area contributed by atoms with Crippen LogP contribution in [-0.4, -0.2) is 23.3 Å². The van der Waals surface area contributed by atoms with Gasteiger partial charge in [-0.2, -0.15) is 0 Å². The minimum Gasteiger partial charge on any atom is -0.497 e. The number of methoxy groups -OCH3 is 1. The van der Waals surface area contributed by atoms with Crippen molar-refractivity contribution < 1.29 is 18.7 Å². The summed E-state index contributed by atoms with van der Waals surface area (Å²) in [5.74, 6) is 0.845. The van der Waals surface area contributed by atoms with Crippen molar-refractivity contribution in [2.75, 3.05) is 7.11 Å². The van der Waals surface area contributed by atoms with Crippen LogP contribution in [0, 0.1) is 0 Å². The number of carbonyl (C=O) groups excluding carboxylic acids is 1. The highest BCUT2D eigenvalue weighted by Gasteiger charge is 2.09. The molecule has 0 amide bonds. The van der Waals surface area contributed by atoms with Crippen molar-refractivity contribution in [2.45, 2.75) is 6.61 Å². The highest BCUT2D eigenvalue weighted by molar-refractivity contribution is 5.87. The highest BCUT2D eigenvalue weighted by Crippen LogP contribution is 2.17. The Balaban J connectivity index is 1.55. The van der Waals surface area contributed by atoms with Crippen LogP contribution in [0.1, 0.15) is 11.5 Å². The van der Waals surface area contributed by atoms with E-state index in [1.807, 2.05) is 54.6 Å². The second kappa shape index (κ2) is 7.92. The lowest BCUT2D eigenvalue weighted by Gasteiger charge is -2.00. The number of carbonyl (C=O) groups is 1. The van der Waals surface area contributed by atoms with Crippen LogP contribution in [-0.2, 0) is 16.1 Å². The molecule has 0 aliphatic heterocycles. The average Bonchev–Trinajstić information content (AvgIpc) is 3.15. The SMILES string of the molecule is COc1cccc(C=CC(=O)OCc2nnc(-c3ccccc3)o2)c1. The van der Waals surface area contributed by atoms with Gasteiger partial charge in [0.05, 0.1) is 7.11 Å². The number of rotatable bonds is 6. The van der Waals surface area contributed by atoms with Gasteiger partial charge in [-0.1, -0.05) is 30.3 Å². The standard InChI is InChI=1S/C19H16N2O4/c1-23-16-9-5-6-14(12-16)10-11-18(22)24-13-17-20-21-19(25-17)15-7-3-2-4-8-15/h2-12H,13H2,1H3. The fraction of sp³-hybridized carbons (Fsp3) is 0.105. The number of nitrogens with zero attached hydrogens (tertiary/aromatic N) is 2. The predicted octanol–water partition coefficient (Wildman–Crippen LogP) is 3.50. The molecule has 0 saturated heterocycles. The summed E-state index contributed by atoms with van der Waals surface area (Å²) in [6.07, 6.45) is 2.98. The average molecular weight is 336 g/mol. The minimum absolute atomic E-state index is 0.0822. The maximum absolute atomic E-state index is 11.8.